The lowest BCUT2D eigenvalue weighted by atomic mass is 10.0. The van der Waals surface area contributed by atoms with Gasteiger partial charge in [0.05, 0.1) is 19.3 Å². The Balaban J connectivity index is 0.000000609. The maximum absolute atomic E-state index is 13.4. The van der Waals surface area contributed by atoms with Gasteiger partial charge < -0.3 is 19.7 Å². The summed E-state index contributed by atoms with van der Waals surface area (Å²) in [6.07, 6.45) is 1.61. The number of hydrogen-bond acceptors (Lipinski definition) is 8. The van der Waals surface area contributed by atoms with Gasteiger partial charge in [-0.05, 0) is 82.2 Å². The first-order chi connectivity index (χ1) is 19.8. The minimum atomic E-state index is -3.57. The lowest BCUT2D eigenvalue weighted by Crippen LogP contribution is -2.51. The molecule has 0 radical (unpaired) electrons. The molecule has 3 heterocycles. The van der Waals surface area contributed by atoms with Gasteiger partial charge >= 0.3 is 5.97 Å². The first-order valence-electron chi connectivity index (χ1n) is 14.2. The van der Waals surface area contributed by atoms with Crippen molar-refractivity contribution in [2.45, 2.75) is 77.7 Å². The second-order valence-corrected chi connectivity index (χ2v) is 22.4. The zero-order valence-corrected chi connectivity index (χ0v) is 30.9. The fraction of sp³-hybridized carbons (Fsp3) is 0.643. The van der Waals surface area contributed by atoms with Crippen LogP contribution in [0.5, 0.6) is 0 Å². The van der Waals surface area contributed by atoms with Crippen LogP contribution in [-0.4, -0.2) is 93.5 Å². The minimum absolute atomic E-state index is 0.0465. The Morgan fingerprint density at radius 1 is 1.09 bits per heavy atom. The molecule has 0 unspecified atom stereocenters. The number of carbonyl (C=O) groups is 2. The van der Waals surface area contributed by atoms with Crippen molar-refractivity contribution in [3.63, 3.8) is 0 Å². The molecule has 1 aliphatic heterocycles. The highest BCUT2D eigenvalue weighted by atomic mass is 35.5. The summed E-state index contributed by atoms with van der Waals surface area (Å²) < 4.78 is 35.8. The van der Waals surface area contributed by atoms with Gasteiger partial charge in [0.15, 0.2) is 8.32 Å². The van der Waals surface area contributed by atoms with Crippen molar-refractivity contribution in [3.8, 4) is 0 Å². The number of rotatable bonds is 12. The second kappa shape index (κ2) is 16.5. The van der Waals surface area contributed by atoms with Crippen LogP contribution in [0.3, 0.4) is 0 Å². The Kier molecular flexibility index (Phi) is 14.6. The van der Waals surface area contributed by atoms with E-state index in [1.54, 1.807) is 22.5 Å². The molecule has 0 aliphatic carbocycles. The predicted octanol–water partition coefficient (Wildman–Crippen LogP) is 6.76. The van der Waals surface area contributed by atoms with Gasteiger partial charge in [-0.2, -0.15) is 4.31 Å². The van der Waals surface area contributed by atoms with Crippen molar-refractivity contribution in [2.75, 3.05) is 38.5 Å². The number of thiophene rings is 2. The molecule has 9 nitrogen and oxygen atoms in total. The average molecular weight is 715 g/mol. The molecule has 43 heavy (non-hydrogen) atoms. The summed E-state index contributed by atoms with van der Waals surface area (Å²) in [4.78, 5) is 25.6. The number of aromatic carboxylic acids is 1. The third-order valence-electron chi connectivity index (χ3n) is 7.80. The predicted molar refractivity (Wildman–Crippen MR) is 181 cm³/mol. The van der Waals surface area contributed by atoms with E-state index in [-0.39, 0.29) is 34.2 Å². The highest BCUT2D eigenvalue weighted by Crippen LogP contribution is 2.36. The van der Waals surface area contributed by atoms with Crippen molar-refractivity contribution >= 4 is 76.1 Å². The summed E-state index contributed by atoms with van der Waals surface area (Å²) in [5, 5.41) is 11.1. The summed E-state index contributed by atoms with van der Waals surface area (Å²) in [5.41, 5.74) is 0. The summed E-state index contributed by atoms with van der Waals surface area (Å²) in [6, 6.07) is 6.75. The standard InChI is InChI=1S/C23H42ClN3O4S2Si.C5H3ClO2S/c1-18(2)26-13-10-19(11-14-26)27(15-16-31-34(6,7)23(3,4)5)33(29,30)17-12-25-22(28)20-8-9-21(24)32-20;6-4-2-1-3(9-4)5(7)8/h8-9,18-19H,10-17H2,1-7H3,(H,25,28);1-2H,(H,7,8). The summed E-state index contributed by atoms with van der Waals surface area (Å²) >= 11 is 13.6. The number of amides is 1. The van der Waals surface area contributed by atoms with Crippen LogP contribution in [0.15, 0.2) is 24.3 Å². The summed E-state index contributed by atoms with van der Waals surface area (Å²) in [7, 11) is -5.55. The largest absolute Gasteiger partial charge is 0.477 e. The van der Waals surface area contributed by atoms with Gasteiger partial charge in [-0.3, -0.25) is 4.79 Å². The van der Waals surface area contributed by atoms with E-state index in [0.717, 1.165) is 37.3 Å². The first kappa shape index (κ1) is 38.2. The molecule has 2 aromatic rings. The molecule has 1 amide bonds. The fourth-order valence-electron chi connectivity index (χ4n) is 4.21. The minimum Gasteiger partial charge on any atom is -0.477 e. The van der Waals surface area contributed by atoms with E-state index in [0.29, 0.717) is 32.7 Å². The third-order valence-corrected chi connectivity index (χ3v) is 16.7. The second-order valence-electron chi connectivity index (χ2n) is 12.2. The van der Waals surface area contributed by atoms with E-state index in [9.17, 15) is 18.0 Å². The van der Waals surface area contributed by atoms with Gasteiger partial charge in [-0.15, -0.1) is 22.7 Å². The number of nitrogens with zero attached hydrogens (tertiary/aromatic N) is 2. The van der Waals surface area contributed by atoms with E-state index in [2.05, 4.69) is 57.9 Å². The maximum Gasteiger partial charge on any atom is 0.345 e. The van der Waals surface area contributed by atoms with Gasteiger partial charge in [0.2, 0.25) is 10.0 Å². The van der Waals surface area contributed by atoms with Crippen molar-refractivity contribution < 1.29 is 27.5 Å². The van der Waals surface area contributed by atoms with Crippen LogP contribution < -0.4 is 5.32 Å². The topological polar surface area (TPSA) is 116 Å². The molecule has 2 aromatic heterocycles. The summed E-state index contributed by atoms with van der Waals surface area (Å²) in [6.45, 7) is 17.8. The molecule has 1 fully saturated rings. The van der Waals surface area contributed by atoms with Gasteiger partial charge in [0, 0.05) is 31.8 Å². The van der Waals surface area contributed by atoms with Crippen molar-refractivity contribution in [3.05, 3.63) is 42.7 Å². The van der Waals surface area contributed by atoms with E-state index < -0.39 is 24.3 Å². The van der Waals surface area contributed by atoms with Crippen molar-refractivity contribution in [2.24, 2.45) is 0 Å². The van der Waals surface area contributed by atoms with Crippen LogP contribution in [0, 0.1) is 0 Å². The van der Waals surface area contributed by atoms with Crippen LogP contribution in [-0.2, 0) is 14.4 Å². The van der Waals surface area contributed by atoms with Crippen molar-refractivity contribution in [1.29, 1.82) is 0 Å². The number of carbonyl (C=O) groups excluding carboxylic acids is 1. The fourth-order valence-corrected chi connectivity index (χ4v) is 8.70. The highest BCUT2D eigenvalue weighted by Gasteiger charge is 2.38. The zero-order chi connectivity index (χ0) is 32.6. The average Bonchev–Trinajstić information content (AvgIpc) is 3.54. The van der Waals surface area contributed by atoms with Crippen molar-refractivity contribution in [1.82, 2.24) is 14.5 Å². The molecule has 0 spiro atoms. The Morgan fingerprint density at radius 2 is 1.63 bits per heavy atom. The van der Waals surface area contributed by atoms with E-state index >= 15 is 0 Å². The zero-order valence-electron chi connectivity index (χ0n) is 26.0. The quantitative estimate of drug-likeness (QED) is 0.234. The molecular weight excluding hydrogens is 670 g/mol. The molecule has 3 rings (SSSR count). The maximum atomic E-state index is 13.4. The van der Waals surface area contributed by atoms with E-state index in [1.807, 2.05) is 0 Å². The number of nitrogens with one attached hydrogen (secondary N) is 1. The number of carboxylic acid groups (broad SMARTS) is 1. The van der Waals surface area contributed by atoms with Gasteiger partial charge in [-0.25, -0.2) is 13.2 Å². The normalized spacial score (nSPS) is 15.4. The Hall–Kier alpha value is -1.03. The molecule has 0 atom stereocenters. The number of carboxylic acids is 1. The molecule has 244 valence electrons. The van der Waals surface area contributed by atoms with Gasteiger partial charge in [-0.1, -0.05) is 44.0 Å². The van der Waals surface area contributed by atoms with Gasteiger partial charge in [0.1, 0.15) is 4.88 Å². The Bertz CT molecular complexity index is 1300. The number of piperidine rings is 1. The van der Waals surface area contributed by atoms with Gasteiger partial charge in [0.25, 0.3) is 5.91 Å². The van der Waals surface area contributed by atoms with Crippen LogP contribution >= 0.6 is 45.9 Å². The molecule has 0 saturated carbocycles. The molecule has 0 aromatic carbocycles. The lowest BCUT2D eigenvalue weighted by molar-refractivity contribution is 0.0701. The highest BCUT2D eigenvalue weighted by molar-refractivity contribution is 7.89. The first-order valence-corrected chi connectivity index (χ1v) is 21.1. The van der Waals surface area contributed by atoms with Crippen LogP contribution in [0.1, 0.15) is 66.8 Å². The monoisotopic (exact) mass is 713 g/mol. The Labute approximate surface area is 275 Å². The Morgan fingerprint density at radius 3 is 2.05 bits per heavy atom. The number of halogens is 2. The van der Waals surface area contributed by atoms with Crippen LogP contribution in [0.25, 0.3) is 0 Å². The molecule has 1 aliphatic rings. The lowest BCUT2D eigenvalue weighted by Gasteiger charge is -2.40. The molecular formula is C28H45Cl2N3O6S3Si. The number of likely N-dealkylation sites (tertiary alicyclic amines) is 1. The van der Waals surface area contributed by atoms with Crippen LogP contribution in [0.2, 0.25) is 26.8 Å². The number of sulfonamides is 1. The van der Waals surface area contributed by atoms with E-state index in [1.165, 1.54) is 17.4 Å². The van der Waals surface area contributed by atoms with E-state index in [4.69, 9.17) is 32.7 Å². The molecule has 15 heteroatoms. The summed E-state index contributed by atoms with van der Waals surface area (Å²) in [5.74, 6) is -1.36. The SMILES string of the molecule is CC(C)N1CCC(N(CCO[Si](C)(C)C(C)(C)C)S(=O)(=O)CCNC(=O)c2ccc(Cl)s2)CC1.O=C(O)c1ccc(Cl)s1. The third kappa shape index (κ3) is 12.0. The van der Waals surface area contributed by atoms with Crippen LogP contribution in [0.4, 0.5) is 0 Å². The molecule has 2 N–H and O–H groups in total. The molecule has 0 bridgehead atoms. The molecule has 1 saturated heterocycles. The smallest absolute Gasteiger partial charge is 0.345 e. The number of hydrogen-bond donors (Lipinski definition) is 2.